The average molecular weight is 1100 g/mol. The number of carbonyl (C=O) groups is 2. The minimum atomic E-state index is -1.28. The molecule has 9 aliphatic rings. The lowest BCUT2D eigenvalue weighted by Gasteiger charge is -2.57. The molecule has 3 N–H and O–H groups in total. The van der Waals surface area contributed by atoms with E-state index in [1.165, 1.54) is 61.5 Å². The van der Waals surface area contributed by atoms with Crippen molar-refractivity contribution >= 4 is 22.9 Å². The highest BCUT2D eigenvalue weighted by Crippen LogP contribution is 2.62. The molecule has 12 unspecified atom stereocenters. The van der Waals surface area contributed by atoms with Gasteiger partial charge in [0.15, 0.2) is 17.8 Å². The van der Waals surface area contributed by atoms with Crippen LogP contribution >= 0.6 is 0 Å². The highest BCUT2D eigenvalue weighted by Gasteiger charge is 2.62. The Bertz CT molecular complexity index is 3320. The third-order valence-electron chi connectivity index (χ3n) is 21.6. The fourth-order valence-corrected chi connectivity index (χ4v) is 18.1. The maximum absolute atomic E-state index is 15.8. The average Bonchev–Trinajstić information content (AvgIpc) is 2.61. The van der Waals surface area contributed by atoms with Gasteiger partial charge in [0.25, 0.3) is 0 Å². The van der Waals surface area contributed by atoms with Crippen molar-refractivity contribution in [3.05, 3.63) is 168 Å². The number of hydrogen-bond donors (Lipinski definition) is 3. The van der Waals surface area contributed by atoms with E-state index < -0.39 is 47.9 Å². The fourth-order valence-electron chi connectivity index (χ4n) is 18.1. The van der Waals surface area contributed by atoms with E-state index in [0.717, 1.165) is 62.5 Å². The summed E-state index contributed by atoms with van der Waals surface area (Å²) in [5.41, 5.74) is 9.49. The Labute approximate surface area is 476 Å². The molecule has 2 spiro atoms. The molecular weight excluding hydrogens is 1020 g/mol. The van der Waals surface area contributed by atoms with Gasteiger partial charge in [0.05, 0.1) is 25.4 Å². The SMILES string of the molecule is COCC(CCO)c1c(CO)c2ccc3c(c2oc1=O)C1OC(=O)CC2CC(c4cccc5c4CCC4CCCC6CCc7ccccc7C564)C=CC2c2ccc(cc2)CCC(=C(C)CO)C(=O)OC1C1(CCCC2CCCCC21)O3. The molecule has 426 valence electrons. The van der Waals surface area contributed by atoms with E-state index in [4.69, 9.17) is 23.4 Å². The molecule has 3 aliphatic heterocycles. The van der Waals surface area contributed by atoms with Gasteiger partial charge in [0.2, 0.25) is 0 Å². The fraction of sp³-hybridized carbons (Fsp3) is 0.529. The van der Waals surface area contributed by atoms with Crippen LogP contribution in [0.15, 0.2) is 111 Å². The highest BCUT2D eigenvalue weighted by molar-refractivity contribution is 5.90. The van der Waals surface area contributed by atoms with Gasteiger partial charge in [-0.3, -0.25) is 4.79 Å². The molecule has 4 heterocycles. The third kappa shape index (κ3) is 9.17. The quantitative estimate of drug-likeness (QED) is 0.0587. The van der Waals surface area contributed by atoms with Crippen LogP contribution in [0, 0.1) is 29.6 Å². The number of esters is 2. The Balaban J connectivity index is 0.954. The second kappa shape index (κ2) is 22.4. The van der Waals surface area contributed by atoms with Crippen LogP contribution in [0.2, 0.25) is 0 Å². The van der Waals surface area contributed by atoms with Crippen molar-refractivity contribution in [3.63, 3.8) is 0 Å². The summed E-state index contributed by atoms with van der Waals surface area (Å²) in [5, 5.41) is 32.5. The predicted molar refractivity (Wildman–Crippen MR) is 309 cm³/mol. The van der Waals surface area contributed by atoms with Gasteiger partial charge in [0, 0.05) is 65.7 Å². The standard InChI is InChI=1S/C70H80O11/c1-41(38-72)51-28-21-42-19-22-43(23-20-42)52-29-25-46(53-15-8-18-59-54(53)30-27-50-14-7-13-49-26-24-45-11-4-6-17-58(45)70(49,50)59)36-48(52)37-61(74)78-65-63-60(81-69(66(65)80-67(51)75)34-9-12-44-10-3-5-16-57(44)69)32-31-55-56(39-73)62(68(76)79-64(55)63)47(33-35-71)40-77-2/h4,6,8,11,15,17-20,22-23,25,29,31-32,44,46-50,52,57,65-66,71-73H,3,5,7,9-10,12-14,16,21,24,26-28,30,33-40H2,1-2H3. The van der Waals surface area contributed by atoms with E-state index in [-0.39, 0.29) is 84.4 Å². The first-order valence-electron chi connectivity index (χ1n) is 30.8. The van der Waals surface area contributed by atoms with Crippen LogP contribution in [-0.4, -0.2) is 65.9 Å². The number of aryl methyl sites for hydroxylation is 2. The van der Waals surface area contributed by atoms with Gasteiger partial charge in [0.1, 0.15) is 11.3 Å². The van der Waals surface area contributed by atoms with E-state index in [0.29, 0.717) is 65.4 Å². The molecule has 0 saturated heterocycles. The normalized spacial score (nSPS) is 31.6. The van der Waals surface area contributed by atoms with E-state index >= 15 is 9.59 Å². The number of aliphatic hydroxyl groups excluding tert-OH is 3. The van der Waals surface area contributed by atoms with Crippen LogP contribution in [0.25, 0.3) is 11.0 Å². The lowest BCUT2D eigenvalue weighted by molar-refractivity contribution is -0.216. The van der Waals surface area contributed by atoms with Gasteiger partial charge in [-0.25, -0.2) is 9.59 Å². The minimum Gasteiger partial charge on any atom is -0.482 e. The first-order valence-corrected chi connectivity index (χ1v) is 30.8. The maximum atomic E-state index is 15.8. The van der Waals surface area contributed by atoms with Crippen molar-refractivity contribution in [2.75, 3.05) is 26.9 Å². The summed E-state index contributed by atoms with van der Waals surface area (Å²) in [6, 6.07) is 28.6. The number of hydrogen-bond acceptors (Lipinski definition) is 11. The molecule has 4 aromatic carbocycles. The zero-order valence-corrected chi connectivity index (χ0v) is 47.3. The second-order valence-electron chi connectivity index (χ2n) is 25.5. The summed E-state index contributed by atoms with van der Waals surface area (Å²) in [7, 11) is 1.53. The van der Waals surface area contributed by atoms with Gasteiger partial charge < -0.3 is 38.7 Å². The van der Waals surface area contributed by atoms with Gasteiger partial charge in [-0.2, -0.15) is 0 Å². The minimum absolute atomic E-state index is 0.000303. The summed E-state index contributed by atoms with van der Waals surface area (Å²) < 4.78 is 33.6. The monoisotopic (exact) mass is 1100 g/mol. The highest BCUT2D eigenvalue weighted by atomic mass is 16.6. The smallest absolute Gasteiger partial charge is 0.340 e. The van der Waals surface area contributed by atoms with E-state index in [9.17, 15) is 20.1 Å². The second-order valence-corrected chi connectivity index (χ2v) is 25.5. The number of benzene rings is 4. The Morgan fingerprint density at radius 2 is 1.56 bits per heavy atom. The molecule has 2 bridgehead atoms. The van der Waals surface area contributed by atoms with Crippen molar-refractivity contribution in [1.82, 2.24) is 0 Å². The molecule has 3 saturated carbocycles. The summed E-state index contributed by atoms with van der Waals surface area (Å²) >= 11 is 0. The topological polar surface area (TPSA) is 162 Å². The van der Waals surface area contributed by atoms with E-state index in [1.807, 2.05) is 6.07 Å². The summed E-state index contributed by atoms with van der Waals surface area (Å²) in [4.78, 5) is 45.7. The number of ether oxygens (including phenoxy) is 4. The Hall–Kier alpha value is -5.85. The van der Waals surface area contributed by atoms with Crippen molar-refractivity contribution in [2.24, 2.45) is 29.6 Å². The molecule has 81 heavy (non-hydrogen) atoms. The van der Waals surface area contributed by atoms with Gasteiger partial charge in [-0.1, -0.05) is 105 Å². The molecule has 11 heteroatoms. The lowest BCUT2D eigenvalue weighted by atomic mass is 9.46. The van der Waals surface area contributed by atoms with Crippen LogP contribution in [0.4, 0.5) is 0 Å². The number of allylic oxidation sites excluding steroid dienone is 2. The van der Waals surface area contributed by atoms with E-state index in [1.54, 1.807) is 18.6 Å². The van der Waals surface area contributed by atoms with Crippen LogP contribution in [0.3, 0.4) is 0 Å². The maximum Gasteiger partial charge on any atom is 0.340 e. The largest absolute Gasteiger partial charge is 0.482 e. The van der Waals surface area contributed by atoms with Crippen LogP contribution in [0.1, 0.15) is 189 Å². The summed E-state index contributed by atoms with van der Waals surface area (Å²) in [5.74, 6) is -0.0505. The predicted octanol–water partition coefficient (Wildman–Crippen LogP) is 12.4. The number of fused-ring (bicyclic) bond motifs is 15. The molecule has 0 radical (unpaired) electrons. The summed E-state index contributed by atoms with van der Waals surface area (Å²) in [6.07, 6.45) is 18.7. The van der Waals surface area contributed by atoms with Crippen LogP contribution in [-0.2, 0) is 55.1 Å². The Morgan fingerprint density at radius 1 is 0.765 bits per heavy atom. The number of methoxy groups -OCH3 is 1. The molecule has 6 aliphatic carbocycles. The zero-order valence-electron chi connectivity index (χ0n) is 47.3. The van der Waals surface area contributed by atoms with Crippen LogP contribution in [0.5, 0.6) is 5.75 Å². The van der Waals surface area contributed by atoms with Crippen molar-refractivity contribution in [2.45, 2.75) is 177 Å². The van der Waals surface area contributed by atoms with Crippen molar-refractivity contribution in [3.8, 4) is 5.75 Å². The van der Waals surface area contributed by atoms with Gasteiger partial charge in [-0.15, -0.1) is 0 Å². The molecule has 0 amide bonds. The first-order chi connectivity index (χ1) is 39.6. The molecule has 11 nitrogen and oxygen atoms in total. The lowest BCUT2D eigenvalue weighted by Crippen LogP contribution is -2.63. The first kappa shape index (κ1) is 54.4. The zero-order chi connectivity index (χ0) is 55.6. The number of rotatable bonds is 8. The molecule has 3 fully saturated rings. The number of aliphatic hydroxyl groups is 3. The molecule has 14 rings (SSSR count). The molecular formula is C70H80O11. The van der Waals surface area contributed by atoms with Crippen molar-refractivity contribution < 1.29 is 48.3 Å². The molecule has 1 aromatic heterocycles. The molecule has 5 aromatic rings. The van der Waals surface area contributed by atoms with Gasteiger partial charge >= 0.3 is 17.6 Å². The summed E-state index contributed by atoms with van der Waals surface area (Å²) in [6.45, 7) is 0.777. The van der Waals surface area contributed by atoms with Crippen LogP contribution < -0.4 is 10.4 Å². The molecule has 12 atom stereocenters. The van der Waals surface area contributed by atoms with Gasteiger partial charge in [-0.05, 0) is 183 Å². The number of carbonyl (C=O) groups excluding carboxylic acids is 2. The Morgan fingerprint density at radius 3 is 2.36 bits per heavy atom. The third-order valence-corrected chi connectivity index (χ3v) is 21.6. The van der Waals surface area contributed by atoms with E-state index in [2.05, 4.69) is 78.9 Å². The Kier molecular flexibility index (Phi) is 15.0. The van der Waals surface area contributed by atoms with Crippen molar-refractivity contribution in [1.29, 1.82) is 0 Å².